The van der Waals surface area contributed by atoms with Gasteiger partial charge < -0.3 is 25.4 Å². The summed E-state index contributed by atoms with van der Waals surface area (Å²) in [5.74, 6) is -2.37. The first-order valence-corrected chi connectivity index (χ1v) is 10.8. The van der Waals surface area contributed by atoms with E-state index in [1.807, 2.05) is 45.9 Å². The van der Waals surface area contributed by atoms with Crippen molar-refractivity contribution >= 4 is 23.4 Å². The van der Waals surface area contributed by atoms with Gasteiger partial charge in [0.25, 0.3) is 0 Å². The highest BCUT2D eigenvalue weighted by atomic mass is 16.5. The number of aliphatic hydroxyl groups excluding tert-OH is 1. The normalized spacial score (nSPS) is 35.9. The predicted molar refractivity (Wildman–Crippen MR) is 114 cm³/mol. The molecule has 8 heteroatoms. The zero-order valence-corrected chi connectivity index (χ0v) is 18.7. The van der Waals surface area contributed by atoms with Crippen LogP contribution in [0.1, 0.15) is 31.4 Å². The second kappa shape index (κ2) is 7.31. The number of nitrogens with zero attached hydrogens (tertiary/aromatic N) is 1. The molecule has 1 spiro atoms. The quantitative estimate of drug-likeness (QED) is 0.647. The number of likely N-dealkylation sites (tertiary alicyclic amines) is 1. The van der Waals surface area contributed by atoms with Crippen molar-refractivity contribution in [2.75, 3.05) is 25.5 Å². The van der Waals surface area contributed by atoms with E-state index in [9.17, 15) is 19.5 Å². The number of rotatable bonds is 5. The molecule has 3 heterocycles. The summed E-state index contributed by atoms with van der Waals surface area (Å²) in [5.41, 5.74) is 0.663. The number of hydrogen-bond donors (Lipinski definition) is 3. The molecular weight excluding hydrogens is 398 g/mol. The fourth-order valence-corrected chi connectivity index (χ4v) is 6.01. The number of carbonyl (C=O) groups excluding carboxylic acids is 3. The monoisotopic (exact) mass is 429 g/mol. The third-order valence-electron chi connectivity index (χ3n) is 7.58. The molecule has 3 amide bonds. The van der Waals surface area contributed by atoms with Crippen LogP contribution in [0, 0.1) is 31.6 Å². The van der Waals surface area contributed by atoms with Gasteiger partial charge in [-0.25, -0.2) is 0 Å². The van der Waals surface area contributed by atoms with Crippen LogP contribution in [0.2, 0.25) is 0 Å². The van der Waals surface area contributed by atoms with E-state index in [0.29, 0.717) is 12.1 Å². The second-order valence-corrected chi connectivity index (χ2v) is 9.38. The van der Waals surface area contributed by atoms with Crippen LogP contribution in [0.15, 0.2) is 18.2 Å². The van der Waals surface area contributed by atoms with E-state index >= 15 is 0 Å². The van der Waals surface area contributed by atoms with Crippen molar-refractivity contribution in [3.63, 3.8) is 0 Å². The third-order valence-corrected chi connectivity index (χ3v) is 7.58. The molecule has 3 unspecified atom stereocenters. The van der Waals surface area contributed by atoms with Crippen LogP contribution >= 0.6 is 0 Å². The molecule has 3 aliphatic heterocycles. The van der Waals surface area contributed by atoms with Crippen LogP contribution in [-0.2, 0) is 19.1 Å². The van der Waals surface area contributed by atoms with Gasteiger partial charge in [-0.15, -0.1) is 0 Å². The molecule has 4 rings (SSSR count). The van der Waals surface area contributed by atoms with Gasteiger partial charge in [-0.2, -0.15) is 0 Å². The van der Waals surface area contributed by atoms with Gasteiger partial charge in [0.2, 0.25) is 17.7 Å². The molecule has 2 bridgehead atoms. The van der Waals surface area contributed by atoms with Crippen molar-refractivity contribution in [2.24, 2.45) is 17.8 Å². The average molecular weight is 430 g/mol. The number of benzene rings is 1. The summed E-state index contributed by atoms with van der Waals surface area (Å²) in [6.07, 6.45) is 0.500. The minimum atomic E-state index is -1.10. The lowest BCUT2D eigenvalue weighted by molar-refractivity contribution is -0.146. The van der Waals surface area contributed by atoms with Gasteiger partial charge >= 0.3 is 0 Å². The first-order chi connectivity index (χ1) is 14.6. The van der Waals surface area contributed by atoms with Crippen LogP contribution in [0.5, 0.6) is 0 Å². The van der Waals surface area contributed by atoms with Gasteiger partial charge in [0.05, 0.1) is 24.0 Å². The molecule has 31 heavy (non-hydrogen) atoms. The Balaban J connectivity index is 1.78. The molecule has 1 aromatic rings. The van der Waals surface area contributed by atoms with E-state index in [1.54, 1.807) is 7.05 Å². The summed E-state index contributed by atoms with van der Waals surface area (Å²) >= 11 is 0. The summed E-state index contributed by atoms with van der Waals surface area (Å²) in [6, 6.07) is 4.87. The highest BCUT2D eigenvalue weighted by Gasteiger charge is 2.79. The highest BCUT2D eigenvalue weighted by Crippen LogP contribution is 2.65. The number of ether oxygens (including phenoxy) is 1. The number of nitrogens with one attached hydrogen (secondary N) is 2. The van der Waals surface area contributed by atoms with E-state index in [0.717, 1.165) is 11.1 Å². The Labute approximate surface area is 182 Å². The standard InChI is InChI=1S/C23H31N3O5/c1-12-6-7-13(2)15(10-12)25-20(29)18-23-11-14(3)22(4,31-23)16(19(28)24-5)17(23)21(30)26(18)8-9-27/h6-7,10,14,16-18,27H,8-9,11H2,1-5H3,(H,24,28)(H,25,29)/t14?,16-,17-,18?,22+,23?/m0/s1. The van der Waals surface area contributed by atoms with E-state index in [-0.39, 0.29) is 36.8 Å². The lowest BCUT2D eigenvalue weighted by Gasteiger charge is -2.36. The Morgan fingerprint density at radius 2 is 2.00 bits per heavy atom. The molecule has 8 nitrogen and oxygen atoms in total. The fourth-order valence-electron chi connectivity index (χ4n) is 6.01. The molecule has 3 N–H and O–H groups in total. The largest absolute Gasteiger partial charge is 0.395 e. The second-order valence-electron chi connectivity index (χ2n) is 9.38. The van der Waals surface area contributed by atoms with Crippen LogP contribution in [0.3, 0.4) is 0 Å². The molecule has 3 saturated heterocycles. The summed E-state index contributed by atoms with van der Waals surface area (Å²) < 4.78 is 6.53. The third kappa shape index (κ3) is 2.91. The van der Waals surface area contributed by atoms with Crippen molar-refractivity contribution in [1.82, 2.24) is 10.2 Å². The van der Waals surface area contributed by atoms with E-state index in [2.05, 4.69) is 10.6 Å². The molecular formula is C23H31N3O5. The first kappa shape index (κ1) is 21.8. The number of fused-ring (bicyclic) bond motifs is 1. The number of amides is 3. The van der Waals surface area contributed by atoms with Crippen molar-refractivity contribution in [1.29, 1.82) is 0 Å². The Bertz CT molecular complexity index is 949. The van der Waals surface area contributed by atoms with Crippen LogP contribution in [-0.4, -0.2) is 65.2 Å². The van der Waals surface area contributed by atoms with Crippen LogP contribution in [0.4, 0.5) is 5.69 Å². The molecule has 0 aromatic heterocycles. The number of aliphatic hydroxyl groups is 1. The zero-order chi connectivity index (χ0) is 22.7. The number of carbonyl (C=O) groups is 3. The molecule has 0 radical (unpaired) electrons. The van der Waals surface area contributed by atoms with Gasteiger partial charge in [-0.05, 0) is 50.3 Å². The number of aryl methyl sites for hydroxylation is 2. The lowest BCUT2D eigenvalue weighted by Crippen LogP contribution is -2.54. The van der Waals surface area contributed by atoms with Gasteiger partial charge in [-0.3, -0.25) is 14.4 Å². The smallest absolute Gasteiger partial charge is 0.250 e. The minimum Gasteiger partial charge on any atom is -0.395 e. The van der Waals surface area contributed by atoms with E-state index in [4.69, 9.17) is 4.74 Å². The maximum Gasteiger partial charge on any atom is 0.250 e. The summed E-state index contributed by atoms with van der Waals surface area (Å²) in [6.45, 7) is 7.45. The average Bonchev–Trinajstić information content (AvgIpc) is 3.22. The molecule has 3 aliphatic rings. The minimum absolute atomic E-state index is 0.0102. The van der Waals surface area contributed by atoms with Crippen molar-refractivity contribution < 1.29 is 24.2 Å². The summed E-state index contributed by atoms with van der Waals surface area (Å²) in [4.78, 5) is 41.4. The van der Waals surface area contributed by atoms with Gasteiger partial charge in [0, 0.05) is 19.3 Å². The van der Waals surface area contributed by atoms with Gasteiger partial charge in [0.15, 0.2) is 0 Å². The van der Waals surface area contributed by atoms with Crippen molar-refractivity contribution in [3.8, 4) is 0 Å². The lowest BCUT2D eigenvalue weighted by atomic mass is 9.62. The molecule has 0 aliphatic carbocycles. The molecule has 6 atom stereocenters. The number of β-amino-alcohol motifs (C(OH)–C–C–N with tert-alkyl or cyclic N) is 1. The predicted octanol–water partition coefficient (Wildman–Crippen LogP) is 0.991. The Morgan fingerprint density at radius 1 is 1.29 bits per heavy atom. The van der Waals surface area contributed by atoms with Gasteiger partial charge in [-0.1, -0.05) is 19.1 Å². The first-order valence-electron chi connectivity index (χ1n) is 10.8. The van der Waals surface area contributed by atoms with Crippen molar-refractivity contribution in [2.45, 2.75) is 51.4 Å². The number of hydrogen-bond acceptors (Lipinski definition) is 5. The zero-order valence-electron chi connectivity index (χ0n) is 18.7. The fraction of sp³-hybridized carbons (Fsp3) is 0.609. The Kier molecular flexibility index (Phi) is 5.13. The Hall–Kier alpha value is -2.45. The van der Waals surface area contributed by atoms with E-state index < -0.39 is 29.1 Å². The molecule has 168 valence electrons. The maximum atomic E-state index is 13.6. The number of anilines is 1. The Morgan fingerprint density at radius 3 is 2.65 bits per heavy atom. The summed E-state index contributed by atoms with van der Waals surface area (Å²) in [7, 11) is 1.55. The molecule has 1 aromatic carbocycles. The topological polar surface area (TPSA) is 108 Å². The van der Waals surface area contributed by atoms with E-state index in [1.165, 1.54) is 4.90 Å². The highest BCUT2D eigenvalue weighted by molar-refractivity contribution is 6.04. The SMILES string of the molecule is CNC(=O)[C@@H]1[C@H]2C(=O)N(CCO)C(C(=O)Nc3cc(C)ccc3C)C23CC(C)[C@@]1(C)O3. The van der Waals surface area contributed by atoms with Crippen molar-refractivity contribution in [3.05, 3.63) is 29.3 Å². The molecule has 3 fully saturated rings. The van der Waals surface area contributed by atoms with Gasteiger partial charge in [0.1, 0.15) is 11.6 Å². The summed E-state index contributed by atoms with van der Waals surface area (Å²) in [5, 5.41) is 15.3. The van der Waals surface area contributed by atoms with Crippen LogP contribution < -0.4 is 10.6 Å². The van der Waals surface area contributed by atoms with Crippen LogP contribution in [0.25, 0.3) is 0 Å². The maximum absolute atomic E-state index is 13.6. The molecule has 0 saturated carbocycles.